The molecule has 1 N–H and O–H groups in total. The van der Waals surface area contributed by atoms with E-state index in [1.807, 2.05) is 48.7 Å². The molecule has 3 nitrogen and oxygen atoms in total. The second kappa shape index (κ2) is 6.22. The molecule has 108 valence electrons. The van der Waals surface area contributed by atoms with Gasteiger partial charge in [0.25, 0.3) is 0 Å². The molecule has 0 fully saturated rings. The third kappa shape index (κ3) is 3.38. The van der Waals surface area contributed by atoms with Crippen molar-refractivity contribution in [2.24, 2.45) is 4.99 Å². The van der Waals surface area contributed by atoms with Crippen LogP contribution < -0.4 is 5.32 Å². The van der Waals surface area contributed by atoms with Crippen LogP contribution in [-0.2, 0) is 4.79 Å². The second-order valence-corrected chi connectivity index (χ2v) is 5.10. The number of rotatable bonds is 3. The number of amides is 1. The molecular formula is C19H16N2O. The molecule has 0 aliphatic carbocycles. The number of nitrogens with one attached hydrogen (secondary N) is 1. The van der Waals surface area contributed by atoms with Crippen LogP contribution in [-0.4, -0.2) is 12.1 Å². The van der Waals surface area contributed by atoms with Gasteiger partial charge in [0.05, 0.1) is 5.69 Å². The van der Waals surface area contributed by atoms with Crippen molar-refractivity contribution in [2.75, 3.05) is 5.32 Å². The Morgan fingerprint density at radius 1 is 0.955 bits per heavy atom. The number of carbonyl (C=O) groups excluding carboxylic acids is 1. The average Bonchev–Trinajstić information content (AvgIpc) is 2.52. The van der Waals surface area contributed by atoms with E-state index >= 15 is 0 Å². The normalized spacial score (nSPS) is 11.0. The van der Waals surface area contributed by atoms with Gasteiger partial charge in [-0.15, -0.1) is 0 Å². The minimum absolute atomic E-state index is 0.0874. The molecule has 1 amide bonds. The maximum Gasteiger partial charge on any atom is 0.221 e. The number of benzene rings is 3. The molecule has 0 saturated carbocycles. The van der Waals surface area contributed by atoms with Gasteiger partial charge in [0.1, 0.15) is 0 Å². The lowest BCUT2D eigenvalue weighted by atomic mass is 10.1. The van der Waals surface area contributed by atoms with Crippen LogP contribution in [0.15, 0.2) is 71.7 Å². The predicted molar refractivity (Wildman–Crippen MR) is 91.9 cm³/mol. The molecule has 0 aliphatic rings. The Labute approximate surface area is 129 Å². The molecule has 3 aromatic carbocycles. The van der Waals surface area contributed by atoms with Gasteiger partial charge in [-0.25, -0.2) is 0 Å². The Balaban J connectivity index is 1.84. The first-order valence-corrected chi connectivity index (χ1v) is 7.11. The Morgan fingerprint density at radius 2 is 1.77 bits per heavy atom. The Hall–Kier alpha value is -2.94. The van der Waals surface area contributed by atoms with Gasteiger partial charge in [-0.1, -0.05) is 42.5 Å². The summed E-state index contributed by atoms with van der Waals surface area (Å²) in [7, 11) is 0. The van der Waals surface area contributed by atoms with Crippen LogP contribution in [0.1, 0.15) is 12.5 Å². The molecule has 0 radical (unpaired) electrons. The van der Waals surface area contributed by atoms with Gasteiger partial charge in [0.15, 0.2) is 0 Å². The number of hydrogen-bond donors (Lipinski definition) is 1. The van der Waals surface area contributed by atoms with Crippen molar-refractivity contribution in [1.82, 2.24) is 0 Å². The summed E-state index contributed by atoms with van der Waals surface area (Å²) in [6.07, 6.45) is 1.83. The molecule has 0 bridgehead atoms. The van der Waals surface area contributed by atoms with Gasteiger partial charge in [-0.3, -0.25) is 9.79 Å². The van der Waals surface area contributed by atoms with Crippen molar-refractivity contribution in [1.29, 1.82) is 0 Å². The number of fused-ring (bicyclic) bond motifs is 1. The van der Waals surface area contributed by atoms with E-state index in [1.165, 1.54) is 17.7 Å². The summed E-state index contributed by atoms with van der Waals surface area (Å²) >= 11 is 0. The summed E-state index contributed by atoms with van der Waals surface area (Å²) in [6, 6.07) is 21.9. The van der Waals surface area contributed by atoms with E-state index in [-0.39, 0.29) is 5.91 Å². The molecule has 0 saturated heterocycles. The first-order chi connectivity index (χ1) is 10.7. The fourth-order valence-corrected chi connectivity index (χ4v) is 2.30. The summed E-state index contributed by atoms with van der Waals surface area (Å²) < 4.78 is 0. The van der Waals surface area contributed by atoms with E-state index in [4.69, 9.17) is 0 Å². The molecule has 3 rings (SSSR count). The average molecular weight is 288 g/mol. The quantitative estimate of drug-likeness (QED) is 0.706. The fourth-order valence-electron chi connectivity index (χ4n) is 2.30. The highest BCUT2D eigenvalue weighted by Crippen LogP contribution is 2.19. The highest BCUT2D eigenvalue weighted by atomic mass is 16.1. The standard InChI is InChI=1S/C19H16N2O/c1-14(22)21-19-8-4-7-18(12-19)20-13-15-9-10-16-5-2-3-6-17(16)11-15/h2-13H,1H3,(H,21,22). The maximum atomic E-state index is 11.1. The van der Waals surface area contributed by atoms with Gasteiger partial charge in [-0.2, -0.15) is 0 Å². The molecule has 0 aliphatic heterocycles. The van der Waals surface area contributed by atoms with E-state index in [0.29, 0.717) is 0 Å². The zero-order valence-corrected chi connectivity index (χ0v) is 12.3. The van der Waals surface area contributed by atoms with Crippen molar-refractivity contribution >= 4 is 34.3 Å². The van der Waals surface area contributed by atoms with E-state index in [9.17, 15) is 4.79 Å². The largest absolute Gasteiger partial charge is 0.326 e. The van der Waals surface area contributed by atoms with Gasteiger partial charge >= 0.3 is 0 Å². The SMILES string of the molecule is CC(=O)Nc1cccc(N=Cc2ccc3ccccc3c2)c1. The van der Waals surface area contributed by atoms with Crippen LogP contribution in [0.5, 0.6) is 0 Å². The lowest BCUT2D eigenvalue weighted by molar-refractivity contribution is -0.114. The summed E-state index contributed by atoms with van der Waals surface area (Å²) in [5.74, 6) is -0.0874. The van der Waals surface area contributed by atoms with Crippen molar-refractivity contribution in [3.63, 3.8) is 0 Å². The highest BCUT2D eigenvalue weighted by Gasteiger charge is 1.97. The summed E-state index contributed by atoms with van der Waals surface area (Å²) in [5, 5.41) is 5.16. The summed E-state index contributed by atoms with van der Waals surface area (Å²) in [5.41, 5.74) is 2.60. The molecule has 0 heterocycles. The van der Waals surface area contributed by atoms with Crippen LogP contribution >= 0.6 is 0 Å². The second-order valence-electron chi connectivity index (χ2n) is 5.10. The van der Waals surface area contributed by atoms with Crippen molar-refractivity contribution in [3.05, 3.63) is 72.3 Å². The van der Waals surface area contributed by atoms with Crippen LogP contribution in [0.2, 0.25) is 0 Å². The topological polar surface area (TPSA) is 41.5 Å². The van der Waals surface area contributed by atoms with Crippen LogP contribution in [0.4, 0.5) is 11.4 Å². The molecule has 3 aromatic rings. The van der Waals surface area contributed by atoms with Gasteiger partial charge in [0.2, 0.25) is 5.91 Å². The third-order valence-electron chi connectivity index (χ3n) is 3.30. The molecular weight excluding hydrogens is 272 g/mol. The van der Waals surface area contributed by atoms with Crippen molar-refractivity contribution in [3.8, 4) is 0 Å². The van der Waals surface area contributed by atoms with E-state index in [2.05, 4.69) is 34.6 Å². The number of hydrogen-bond acceptors (Lipinski definition) is 2. The van der Waals surface area contributed by atoms with Crippen molar-refractivity contribution < 1.29 is 4.79 Å². The van der Waals surface area contributed by atoms with E-state index < -0.39 is 0 Å². The smallest absolute Gasteiger partial charge is 0.221 e. The summed E-state index contributed by atoms with van der Waals surface area (Å²) in [4.78, 5) is 15.6. The molecule has 3 heteroatoms. The zero-order valence-electron chi connectivity index (χ0n) is 12.3. The number of aliphatic imine (C=N–C) groups is 1. The minimum atomic E-state index is -0.0874. The molecule has 0 unspecified atom stereocenters. The fraction of sp³-hybridized carbons (Fsp3) is 0.0526. The molecule has 0 spiro atoms. The molecule has 22 heavy (non-hydrogen) atoms. The highest BCUT2D eigenvalue weighted by molar-refractivity contribution is 5.92. The zero-order chi connectivity index (χ0) is 15.4. The molecule has 0 aromatic heterocycles. The Morgan fingerprint density at radius 3 is 2.59 bits per heavy atom. The third-order valence-corrected chi connectivity index (χ3v) is 3.30. The van der Waals surface area contributed by atoms with Crippen LogP contribution in [0, 0.1) is 0 Å². The number of carbonyl (C=O) groups is 1. The minimum Gasteiger partial charge on any atom is -0.326 e. The van der Waals surface area contributed by atoms with Gasteiger partial charge < -0.3 is 5.32 Å². The Kier molecular flexibility index (Phi) is 3.97. The lowest BCUT2D eigenvalue weighted by Crippen LogP contribution is -2.05. The number of anilines is 1. The van der Waals surface area contributed by atoms with Crippen LogP contribution in [0.3, 0.4) is 0 Å². The van der Waals surface area contributed by atoms with Gasteiger partial charge in [-0.05, 0) is 40.6 Å². The maximum absolute atomic E-state index is 11.1. The molecule has 0 atom stereocenters. The number of nitrogens with zero attached hydrogens (tertiary/aromatic N) is 1. The van der Waals surface area contributed by atoms with E-state index in [0.717, 1.165) is 16.9 Å². The van der Waals surface area contributed by atoms with E-state index in [1.54, 1.807) is 0 Å². The lowest BCUT2D eigenvalue weighted by Gasteiger charge is -2.02. The predicted octanol–water partition coefficient (Wildman–Crippen LogP) is 4.55. The van der Waals surface area contributed by atoms with Crippen LogP contribution in [0.25, 0.3) is 10.8 Å². The monoisotopic (exact) mass is 288 g/mol. The Bertz CT molecular complexity index is 853. The first kappa shape index (κ1) is 14.0. The van der Waals surface area contributed by atoms with Gasteiger partial charge in [0, 0.05) is 18.8 Å². The first-order valence-electron chi connectivity index (χ1n) is 7.11. The summed E-state index contributed by atoms with van der Waals surface area (Å²) in [6.45, 7) is 1.49. The van der Waals surface area contributed by atoms with Crippen molar-refractivity contribution in [2.45, 2.75) is 6.92 Å².